The maximum atomic E-state index is 4.44. The van der Waals surface area contributed by atoms with Gasteiger partial charge in [0.1, 0.15) is 0 Å². The standard InChI is InChI=1S/C14H11NS/c1-10-5-7-11(8-6-10)12-3-2-4-13-14(12)15-9-16-13/h2-9H,1H3. The SMILES string of the molecule is Cc1ccc(-c2cccc3scnc23)cc1. The second-order valence-electron chi connectivity index (χ2n) is 3.87. The Balaban J connectivity index is 2.25. The van der Waals surface area contributed by atoms with Crippen molar-refractivity contribution in [2.75, 3.05) is 0 Å². The van der Waals surface area contributed by atoms with Crippen LogP contribution >= 0.6 is 11.3 Å². The predicted molar refractivity (Wildman–Crippen MR) is 69.8 cm³/mol. The average Bonchev–Trinajstić information content (AvgIpc) is 2.78. The fourth-order valence-corrected chi connectivity index (χ4v) is 2.56. The fourth-order valence-electron chi connectivity index (χ4n) is 1.85. The molecule has 1 nitrogen and oxygen atoms in total. The number of thiazole rings is 1. The number of hydrogen-bond donors (Lipinski definition) is 0. The molecule has 0 saturated heterocycles. The molecule has 0 aliphatic heterocycles. The topological polar surface area (TPSA) is 12.9 Å². The van der Waals surface area contributed by atoms with Crippen LogP contribution in [0, 0.1) is 6.92 Å². The Morgan fingerprint density at radius 2 is 1.81 bits per heavy atom. The summed E-state index contributed by atoms with van der Waals surface area (Å²) in [5.74, 6) is 0. The van der Waals surface area contributed by atoms with Gasteiger partial charge in [0.25, 0.3) is 0 Å². The lowest BCUT2D eigenvalue weighted by Crippen LogP contribution is -1.80. The van der Waals surface area contributed by atoms with Gasteiger partial charge in [0.15, 0.2) is 0 Å². The van der Waals surface area contributed by atoms with Crippen molar-refractivity contribution in [3.8, 4) is 11.1 Å². The third-order valence-electron chi connectivity index (χ3n) is 2.72. The highest BCUT2D eigenvalue weighted by atomic mass is 32.1. The maximum Gasteiger partial charge on any atom is 0.0890 e. The first kappa shape index (κ1) is 9.55. The Morgan fingerprint density at radius 3 is 2.62 bits per heavy atom. The van der Waals surface area contributed by atoms with Crippen LogP contribution in [0.2, 0.25) is 0 Å². The summed E-state index contributed by atoms with van der Waals surface area (Å²) >= 11 is 1.69. The molecule has 0 N–H and O–H groups in total. The van der Waals surface area contributed by atoms with E-state index in [4.69, 9.17) is 0 Å². The van der Waals surface area contributed by atoms with E-state index in [2.05, 4.69) is 54.4 Å². The molecule has 0 amide bonds. The fraction of sp³-hybridized carbons (Fsp3) is 0.0714. The van der Waals surface area contributed by atoms with E-state index in [9.17, 15) is 0 Å². The van der Waals surface area contributed by atoms with Crippen LogP contribution in [-0.4, -0.2) is 4.98 Å². The Bertz CT molecular complexity index is 623. The summed E-state index contributed by atoms with van der Waals surface area (Å²) in [5, 5.41) is 0. The molecule has 78 valence electrons. The Morgan fingerprint density at radius 1 is 1.00 bits per heavy atom. The smallest absolute Gasteiger partial charge is 0.0890 e. The third-order valence-corrected chi connectivity index (χ3v) is 3.52. The van der Waals surface area contributed by atoms with Gasteiger partial charge >= 0.3 is 0 Å². The third kappa shape index (κ3) is 1.51. The van der Waals surface area contributed by atoms with Gasteiger partial charge in [-0.05, 0) is 18.6 Å². The van der Waals surface area contributed by atoms with Crippen LogP contribution in [0.5, 0.6) is 0 Å². The van der Waals surface area contributed by atoms with Crippen molar-refractivity contribution in [1.29, 1.82) is 0 Å². The largest absolute Gasteiger partial charge is 0.244 e. The van der Waals surface area contributed by atoms with Crippen LogP contribution in [-0.2, 0) is 0 Å². The molecule has 0 radical (unpaired) electrons. The number of nitrogens with zero attached hydrogens (tertiary/aromatic N) is 1. The van der Waals surface area contributed by atoms with Gasteiger partial charge in [-0.15, -0.1) is 11.3 Å². The van der Waals surface area contributed by atoms with E-state index in [1.807, 2.05) is 5.51 Å². The molecule has 0 aliphatic rings. The number of aromatic nitrogens is 1. The van der Waals surface area contributed by atoms with Crippen molar-refractivity contribution in [2.24, 2.45) is 0 Å². The van der Waals surface area contributed by atoms with Crippen molar-refractivity contribution in [3.05, 3.63) is 53.5 Å². The molecule has 2 heteroatoms. The van der Waals surface area contributed by atoms with Crippen LogP contribution < -0.4 is 0 Å². The van der Waals surface area contributed by atoms with Crippen molar-refractivity contribution in [2.45, 2.75) is 6.92 Å². The molecule has 1 aromatic heterocycles. The van der Waals surface area contributed by atoms with Crippen molar-refractivity contribution in [3.63, 3.8) is 0 Å². The van der Waals surface area contributed by atoms with Crippen LogP contribution in [0.15, 0.2) is 48.0 Å². The van der Waals surface area contributed by atoms with Gasteiger partial charge in [0, 0.05) is 5.56 Å². The molecule has 0 aliphatic carbocycles. The summed E-state index contributed by atoms with van der Waals surface area (Å²) in [6, 6.07) is 14.9. The molecule has 0 spiro atoms. The zero-order valence-corrected chi connectivity index (χ0v) is 9.79. The molecule has 3 aromatic rings. The second-order valence-corrected chi connectivity index (χ2v) is 4.76. The summed E-state index contributed by atoms with van der Waals surface area (Å²) in [6.07, 6.45) is 0. The van der Waals surface area contributed by atoms with E-state index in [1.54, 1.807) is 11.3 Å². The van der Waals surface area contributed by atoms with Gasteiger partial charge in [0.05, 0.1) is 15.7 Å². The monoisotopic (exact) mass is 225 g/mol. The molecule has 0 atom stereocenters. The molecule has 3 rings (SSSR count). The molecule has 0 bridgehead atoms. The molecule has 16 heavy (non-hydrogen) atoms. The predicted octanol–water partition coefficient (Wildman–Crippen LogP) is 4.27. The van der Waals surface area contributed by atoms with Gasteiger partial charge in [-0.3, -0.25) is 0 Å². The summed E-state index contributed by atoms with van der Waals surface area (Å²) in [5.41, 5.74) is 6.76. The zero-order chi connectivity index (χ0) is 11.0. The minimum atomic E-state index is 1.11. The molecular formula is C14H11NS. The van der Waals surface area contributed by atoms with Crippen LogP contribution in [0.4, 0.5) is 0 Å². The van der Waals surface area contributed by atoms with Gasteiger partial charge in [-0.25, -0.2) is 4.98 Å². The Labute approximate surface area is 98.4 Å². The summed E-state index contributed by atoms with van der Waals surface area (Å²) in [6.45, 7) is 2.10. The number of aryl methyl sites for hydroxylation is 1. The molecular weight excluding hydrogens is 214 g/mol. The highest BCUT2D eigenvalue weighted by Gasteiger charge is 2.04. The summed E-state index contributed by atoms with van der Waals surface area (Å²) in [4.78, 5) is 4.44. The van der Waals surface area contributed by atoms with E-state index >= 15 is 0 Å². The number of benzene rings is 2. The van der Waals surface area contributed by atoms with E-state index in [0.717, 1.165) is 5.52 Å². The van der Waals surface area contributed by atoms with Crippen LogP contribution in [0.3, 0.4) is 0 Å². The van der Waals surface area contributed by atoms with E-state index < -0.39 is 0 Å². The van der Waals surface area contributed by atoms with E-state index in [1.165, 1.54) is 21.4 Å². The molecule has 1 heterocycles. The van der Waals surface area contributed by atoms with Crippen molar-refractivity contribution in [1.82, 2.24) is 4.98 Å². The normalized spacial score (nSPS) is 10.8. The molecule has 2 aromatic carbocycles. The minimum absolute atomic E-state index is 1.11. The van der Waals surface area contributed by atoms with Crippen molar-refractivity contribution < 1.29 is 0 Å². The van der Waals surface area contributed by atoms with Gasteiger partial charge in [0.2, 0.25) is 0 Å². The van der Waals surface area contributed by atoms with E-state index in [0.29, 0.717) is 0 Å². The van der Waals surface area contributed by atoms with Gasteiger partial charge in [-0.2, -0.15) is 0 Å². The quantitative estimate of drug-likeness (QED) is 0.602. The Hall–Kier alpha value is -1.67. The number of rotatable bonds is 1. The van der Waals surface area contributed by atoms with Gasteiger partial charge in [-0.1, -0.05) is 42.0 Å². The maximum absolute atomic E-state index is 4.44. The Kier molecular flexibility index (Phi) is 2.22. The van der Waals surface area contributed by atoms with Crippen LogP contribution in [0.1, 0.15) is 5.56 Å². The molecule has 0 unspecified atom stereocenters. The first-order valence-corrected chi connectivity index (χ1v) is 6.12. The summed E-state index contributed by atoms with van der Waals surface area (Å²) in [7, 11) is 0. The highest BCUT2D eigenvalue weighted by Crippen LogP contribution is 2.29. The first-order chi connectivity index (χ1) is 7.84. The number of fused-ring (bicyclic) bond motifs is 1. The lowest BCUT2D eigenvalue weighted by molar-refractivity contribution is 1.46. The molecule has 0 saturated carbocycles. The zero-order valence-electron chi connectivity index (χ0n) is 8.97. The summed E-state index contributed by atoms with van der Waals surface area (Å²) < 4.78 is 1.25. The minimum Gasteiger partial charge on any atom is -0.244 e. The average molecular weight is 225 g/mol. The van der Waals surface area contributed by atoms with E-state index in [-0.39, 0.29) is 0 Å². The lowest BCUT2D eigenvalue weighted by atomic mass is 10.0. The number of para-hydroxylation sites is 1. The number of hydrogen-bond acceptors (Lipinski definition) is 2. The molecule has 0 fully saturated rings. The first-order valence-electron chi connectivity index (χ1n) is 5.24. The lowest BCUT2D eigenvalue weighted by Gasteiger charge is -2.03. The van der Waals surface area contributed by atoms with Crippen LogP contribution in [0.25, 0.3) is 21.3 Å². The second kappa shape index (κ2) is 3.72. The van der Waals surface area contributed by atoms with Gasteiger partial charge < -0.3 is 0 Å². The van der Waals surface area contributed by atoms with Crippen molar-refractivity contribution >= 4 is 21.6 Å². The highest BCUT2D eigenvalue weighted by molar-refractivity contribution is 7.16.